The zero-order valence-corrected chi connectivity index (χ0v) is 23.1. The summed E-state index contributed by atoms with van der Waals surface area (Å²) in [6.45, 7) is 0. The molecule has 0 aliphatic carbocycles. The summed E-state index contributed by atoms with van der Waals surface area (Å²) >= 11 is 19.2. The summed E-state index contributed by atoms with van der Waals surface area (Å²) in [6.07, 6.45) is 12.3. The van der Waals surface area contributed by atoms with Crippen molar-refractivity contribution in [1.29, 1.82) is 0 Å². The van der Waals surface area contributed by atoms with Gasteiger partial charge in [-0.2, -0.15) is 0 Å². The number of hydrazine groups is 2. The predicted molar refractivity (Wildman–Crippen MR) is 141 cm³/mol. The Labute approximate surface area is 237 Å². The summed E-state index contributed by atoms with van der Waals surface area (Å²) in [4.78, 5) is 29.2. The van der Waals surface area contributed by atoms with Crippen molar-refractivity contribution in [2.75, 3.05) is 0 Å². The molecule has 4 aliphatic rings. The molecule has 0 saturated heterocycles. The third-order valence-corrected chi connectivity index (χ3v) is 6.79. The molecule has 0 saturated carbocycles. The van der Waals surface area contributed by atoms with Gasteiger partial charge >= 0.3 is 0 Å². The van der Waals surface area contributed by atoms with E-state index in [0.29, 0.717) is 30.9 Å². The van der Waals surface area contributed by atoms with Gasteiger partial charge in [0, 0.05) is 35.9 Å². The highest BCUT2D eigenvalue weighted by atomic mass is 79.9. The minimum Gasteiger partial charge on any atom is -0.249 e. The molecule has 6 rings (SSSR count). The second kappa shape index (κ2) is 10.4. The first-order valence-corrected chi connectivity index (χ1v) is 13.0. The van der Waals surface area contributed by atoms with Crippen LogP contribution in [0, 0.1) is 0 Å². The van der Waals surface area contributed by atoms with Gasteiger partial charge in [0.1, 0.15) is 20.9 Å². The van der Waals surface area contributed by atoms with Crippen LogP contribution in [0.4, 0.5) is 0 Å². The molecule has 0 fully saturated rings. The van der Waals surface area contributed by atoms with E-state index in [1.807, 2.05) is 12.1 Å². The first kappa shape index (κ1) is 24.9. The lowest BCUT2D eigenvalue weighted by atomic mass is 10.2. The minimum atomic E-state index is -0.633. The van der Waals surface area contributed by atoms with Crippen LogP contribution in [0.25, 0.3) is 0 Å². The van der Waals surface area contributed by atoms with Crippen molar-refractivity contribution in [3.8, 4) is 0 Å². The molecule has 188 valence electrons. The number of hydrogen-bond acceptors (Lipinski definition) is 11. The van der Waals surface area contributed by atoms with E-state index in [1.165, 1.54) is 10.3 Å². The molecule has 11 nitrogen and oxygen atoms in total. The Bertz CT molecular complexity index is 1290. The van der Waals surface area contributed by atoms with Crippen molar-refractivity contribution in [1.82, 2.24) is 30.3 Å². The fraction of sp³-hybridized carbons (Fsp3) is 0.0909. The van der Waals surface area contributed by atoms with Crippen LogP contribution in [0.3, 0.4) is 0 Å². The molecular formula is C22H14Br2Cl2N8O3. The van der Waals surface area contributed by atoms with Gasteiger partial charge in [0.25, 0.3) is 0 Å². The SMILES string of the molecule is ClC1=CN2C(=NC(c3ccc(Br)nc3)N2OOON2C(c3ccc(Br)nc3)N=C3C=CC(Cl)=CN32)C=C1. The van der Waals surface area contributed by atoms with Crippen molar-refractivity contribution in [2.24, 2.45) is 9.98 Å². The highest BCUT2D eigenvalue weighted by Crippen LogP contribution is 2.36. The summed E-state index contributed by atoms with van der Waals surface area (Å²) in [7, 11) is 0. The minimum absolute atomic E-state index is 0.475. The van der Waals surface area contributed by atoms with Crippen molar-refractivity contribution < 1.29 is 15.0 Å². The molecule has 0 amide bonds. The molecule has 15 heteroatoms. The van der Waals surface area contributed by atoms with Crippen molar-refractivity contribution in [3.05, 3.63) is 104 Å². The Hall–Kier alpha value is -2.46. The molecule has 0 bridgehead atoms. The summed E-state index contributed by atoms with van der Waals surface area (Å²) in [5.74, 6) is 1.17. The lowest BCUT2D eigenvalue weighted by Gasteiger charge is -2.31. The van der Waals surface area contributed by atoms with Crippen LogP contribution in [0.5, 0.6) is 0 Å². The number of allylic oxidation sites excluding steroid dienone is 4. The van der Waals surface area contributed by atoms with Crippen LogP contribution in [0.1, 0.15) is 23.5 Å². The molecule has 2 aromatic rings. The van der Waals surface area contributed by atoms with Crippen LogP contribution in [0.2, 0.25) is 0 Å². The highest BCUT2D eigenvalue weighted by molar-refractivity contribution is 9.10. The Morgan fingerprint density at radius 2 is 1.14 bits per heavy atom. The van der Waals surface area contributed by atoms with Gasteiger partial charge in [-0.3, -0.25) is 0 Å². The van der Waals surface area contributed by atoms with Gasteiger partial charge in [0.05, 0.1) is 10.1 Å². The normalized spacial score (nSPS) is 23.0. The maximum absolute atomic E-state index is 6.23. The van der Waals surface area contributed by atoms with Crippen LogP contribution < -0.4 is 0 Å². The highest BCUT2D eigenvalue weighted by Gasteiger charge is 2.40. The number of hydroxylamine groups is 2. The molecule has 0 aromatic carbocycles. The van der Waals surface area contributed by atoms with Crippen LogP contribution in [0.15, 0.2) is 103 Å². The monoisotopic (exact) mass is 666 g/mol. The Morgan fingerprint density at radius 3 is 1.54 bits per heavy atom. The second-order valence-electron chi connectivity index (χ2n) is 7.76. The largest absolute Gasteiger partial charge is 0.249 e. The zero-order chi connectivity index (χ0) is 25.5. The molecule has 4 aliphatic heterocycles. The Kier molecular flexibility index (Phi) is 6.96. The number of fused-ring (bicyclic) bond motifs is 2. The van der Waals surface area contributed by atoms with E-state index in [4.69, 9.17) is 38.2 Å². The van der Waals surface area contributed by atoms with Gasteiger partial charge in [-0.1, -0.05) is 45.3 Å². The van der Waals surface area contributed by atoms with Gasteiger partial charge in [-0.05, 0) is 83.7 Å². The summed E-state index contributed by atoms with van der Waals surface area (Å²) in [5.41, 5.74) is 1.49. The quantitative estimate of drug-likeness (QED) is 0.223. The van der Waals surface area contributed by atoms with Gasteiger partial charge < -0.3 is 0 Å². The smallest absolute Gasteiger partial charge is 0.178 e. The second-order valence-corrected chi connectivity index (χ2v) is 10.3. The van der Waals surface area contributed by atoms with E-state index in [-0.39, 0.29) is 0 Å². The molecule has 2 atom stereocenters. The molecule has 37 heavy (non-hydrogen) atoms. The first-order valence-electron chi connectivity index (χ1n) is 10.6. The number of aromatic nitrogens is 2. The summed E-state index contributed by atoms with van der Waals surface area (Å²) < 4.78 is 1.38. The van der Waals surface area contributed by atoms with Crippen molar-refractivity contribution in [3.63, 3.8) is 0 Å². The number of amidine groups is 2. The number of pyridine rings is 2. The predicted octanol–water partition coefficient (Wildman–Crippen LogP) is 5.57. The first-order chi connectivity index (χ1) is 18.0. The lowest BCUT2D eigenvalue weighted by Crippen LogP contribution is -2.42. The van der Waals surface area contributed by atoms with Crippen LogP contribution in [-0.4, -0.2) is 42.0 Å². The number of halogens is 4. The zero-order valence-electron chi connectivity index (χ0n) is 18.4. The summed E-state index contributed by atoms with van der Waals surface area (Å²) in [6, 6.07) is 7.34. The molecule has 0 radical (unpaired) electrons. The molecule has 2 unspecified atom stereocenters. The summed E-state index contributed by atoms with van der Waals surface area (Å²) in [5, 5.41) is 12.2. The fourth-order valence-corrected chi connectivity index (χ4v) is 4.51. The molecule has 2 aromatic heterocycles. The maximum Gasteiger partial charge on any atom is 0.178 e. The fourth-order valence-electron chi connectivity index (χ4n) is 3.73. The van der Waals surface area contributed by atoms with E-state index in [1.54, 1.807) is 71.2 Å². The van der Waals surface area contributed by atoms with Crippen molar-refractivity contribution >= 4 is 66.7 Å². The Morgan fingerprint density at radius 1 is 0.676 bits per heavy atom. The third-order valence-electron chi connectivity index (χ3n) is 5.41. The number of rotatable bonds is 6. The average Bonchev–Trinajstić information content (AvgIpc) is 3.43. The van der Waals surface area contributed by atoms with E-state index >= 15 is 0 Å². The number of hydrogen-bond donors (Lipinski definition) is 0. The van der Waals surface area contributed by atoms with Gasteiger partial charge in [-0.25, -0.2) is 30.0 Å². The molecular weight excluding hydrogens is 655 g/mol. The molecule has 6 heterocycles. The van der Waals surface area contributed by atoms with E-state index in [2.05, 4.69) is 51.8 Å². The lowest BCUT2D eigenvalue weighted by molar-refractivity contribution is -0.662. The van der Waals surface area contributed by atoms with Crippen LogP contribution >= 0.6 is 55.1 Å². The molecule has 0 spiro atoms. The standard InChI is InChI=1S/C22H14Br2Cl2N8O3/c23-17-5-1-13(9-27-17)21-29-19-7-3-15(25)11-31(19)33(21)35-37-36-34-22(14-2-6-18(24)28-10-14)30-20-8-4-16(26)12-32(20)34/h1-12,21-22H. The van der Waals surface area contributed by atoms with Gasteiger partial charge in [0.2, 0.25) is 0 Å². The van der Waals surface area contributed by atoms with Gasteiger partial charge in [0.15, 0.2) is 12.3 Å². The number of nitrogens with zero attached hydrogens (tertiary/aromatic N) is 8. The van der Waals surface area contributed by atoms with Crippen LogP contribution in [-0.2, 0) is 15.0 Å². The van der Waals surface area contributed by atoms with E-state index < -0.39 is 12.3 Å². The number of aliphatic imine (C=N–C) groups is 2. The molecule has 0 N–H and O–H groups in total. The van der Waals surface area contributed by atoms with E-state index in [0.717, 1.165) is 11.1 Å². The Balaban J connectivity index is 1.23. The topological polar surface area (TPSA) is 91.2 Å². The van der Waals surface area contributed by atoms with E-state index in [9.17, 15) is 0 Å². The maximum atomic E-state index is 6.23. The van der Waals surface area contributed by atoms with Gasteiger partial charge in [-0.15, -0.1) is 0 Å². The third kappa shape index (κ3) is 5.02. The van der Waals surface area contributed by atoms with Crippen molar-refractivity contribution in [2.45, 2.75) is 12.3 Å². The average molecular weight is 669 g/mol.